The highest BCUT2D eigenvalue weighted by Crippen LogP contribution is 2.31. The Labute approximate surface area is 190 Å². The van der Waals surface area contributed by atoms with Crippen LogP contribution in [-0.2, 0) is 21.0 Å². The van der Waals surface area contributed by atoms with Gasteiger partial charge in [-0.2, -0.15) is 13.2 Å². The van der Waals surface area contributed by atoms with Crippen molar-refractivity contribution in [2.75, 3.05) is 16.2 Å². The third kappa shape index (κ3) is 5.54. The summed E-state index contributed by atoms with van der Waals surface area (Å²) in [5, 5.41) is 2.38. The van der Waals surface area contributed by atoms with Gasteiger partial charge >= 0.3 is 6.18 Å². The zero-order valence-electron chi connectivity index (χ0n) is 18.3. The van der Waals surface area contributed by atoms with E-state index in [9.17, 15) is 26.4 Å². The molecular formula is C24H23F3N2O3S. The van der Waals surface area contributed by atoms with Gasteiger partial charge in [0.25, 0.3) is 10.0 Å². The molecule has 0 saturated heterocycles. The molecule has 3 rings (SSSR count). The maximum absolute atomic E-state index is 13.5. The zero-order chi connectivity index (χ0) is 24.4. The van der Waals surface area contributed by atoms with E-state index in [1.807, 2.05) is 19.9 Å². The Morgan fingerprint density at radius 3 is 2.21 bits per heavy atom. The Balaban J connectivity index is 1.98. The molecular weight excluding hydrogens is 453 g/mol. The number of alkyl halides is 3. The molecule has 0 aliphatic heterocycles. The summed E-state index contributed by atoms with van der Waals surface area (Å²) in [6, 6.07) is 15.5. The van der Waals surface area contributed by atoms with Gasteiger partial charge in [-0.05, 0) is 68.3 Å². The highest BCUT2D eigenvalue weighted by Gasteiger charge is 2.31. The first-order valence-corrected chi connectivity index (χ1v) is 11.5. The number of amides is 1. The minimum absolute atomic E-state index is 0.000810. The number of rotatable bonds is 6. The number of nitrogens with one attached hydrogen (secondary N) is 1. The van der Waals surface area contributed by atoms with Crippen molar-refractivity contribution in [1.29, 1.82) is 0 Å². The third-order valence-corrected chi connectivity index (χ3v) is 6.99. The highest BCUT2D eigenvalue weighted by atomic mass is 32.2. The van der Waals surface area contributed by atoms with Crippen LogP contribution in [0.5, 0.6) is 0 Å². The average molecular weight is 477 g/mol. The molecule has 0 atom stereocenters. The van der Waals surface area contributed by atoms with Crippen molar-refractivity contribution in [2.24, 2.45) is 0 Å². The molecule has 5 nitrogen and oxygen atoms in total. The fourth-order valence-electron chi connectivity index (χ4n) is 3.25. The van der Waals surface area contributed by atoms with Gasteiger partial charge in [-0.15, -0.1) is 0 Å². The van der Waals surface area contributed by atoms with E-state index < -0.39 is 34.2 Å². The Morgan fingerprint density at radius 2 is 1.58 bits per heavy atom. The number of carbonyl (C=O) groups excluding carboxylic acids is 1. The molecule has 9 heteroatoms. The predicted molar refractivity (Wildman–Crippen MR) is 122 cm³/mol. The standard InChI is InChI=1S/C24H23F3N2O3S/c1-16-10-12-21(13-11-16)33(31,32)29(22-9-4-6-17(2)18(22)3)15-23(30)28-20-8-5-7-19(14-20)24(25,26)27/h4-14H,15H2,1-3H3,(H,28,30). The van der Waals surface area contributed by atoms with E-state index in [1.54, 1.807) is 31.2 Å². The Morgan fingerprint density at radius 1 is 0.939 bits per heavy atom. The van der Waals surface area contributed by atoms with Crippen LogP contribution in [0.15, 0.2) is 71.6 Å². The summed E-state index contributed by atoms with van der Waals surface area (Å²) in [7, 11) is -4.14. The van der Waals surface area contributed by atoms with E-state index in [2.05, 4.69) is 5.32 Å². The van der Waals surface area contributed by atoms with Crippen molar-refractivity contribution in [3.05, 3.63) is 89.0 Å². The Kier molecular flexibility index (Phi) is 6.83. The minimum Gasteiger partial charge on any atom is -0.325 e. The number of aryl methyl sites for hydroxylation is 2. The number of nitrogens with zero attached hydrogens (tertiary/aromatic N) is 1. The van der Waals surface area contributed by atoms with Crippen LogP contribution in [0.1, 0.15) is 22.3 Å². The van der Waals surface area contributed by atoms with E-state index in [0.717, 1.165) is 27.6 Å². The van der Waals surface area contributed by atoms with Crippen LogP contribution in [-0.4, -0.2) is 20.9 Å². The van der Waals surface area contributed by atoms with Gasteiger partial charge in [0.15, 0.2) is 0 Å². The van der Waals surface area contributed by atoms with Crippen molar-refractivity contribution in [3.63, 3.8) is 0 Å². The first-order valence-electron chi connectivity index (χ1n) is 10.0. The first kappa shape index (κ1) is 24.3. The molecule has 174 valence electrons. The molecule has 1 N–H and O–H groups in total. The number of carbonyl (C=O) groups is 1. The Bertz CT molecular complexity index is 1270. The number of benzene rings is 3. The normalized spacial score (nSPS) is 11.8. The van der Waals surface area contributed by atoms with Crippen molar-refractivity contribution < 1.29 is 26.4 Å². The van der Waals surface area contributed by atoms with Gasteiger partial charge in [-0.3, -0.25) is 9.10 Å². The molecule has 3 aromatic rings. The monoisotopic (exact) mass is 476 g/mol. The largest absolute Gasteiger partial charge is 0.416 e. The lowest BCUT2D eigenvalue weighted by Gasteiger charge is -2.26. The lowest BCUT2D eigenvalue weighted by Crippen LogP contribution is -2.38. The smallest absolute Gasteiger partial charge is 0.325 e. The van der Waals surface area contributed by atoms with Crippen molar-refractivity contribution in [3.8, 4) is 0 Å². The van der Waals surface area contributed by atoms with Gasteiger partial charge in [0.1, 0.15) is 6.54 Å². The predicted octanol–water partition coefficient (Wildman–Crippen LogP) is 5.46. The average Bonchev–Trinajstić information content (AvgIpc) is 2.74. The Hall–Kier alpha value is -3.33. The second-order valence-electron chi connectivity index (χ2n) is 7.67. The summed E-state index contributed by atoms with van der Waals surface area (Å²) < 4.78 is 66.9. The quantitative estimate of drug-likeness (QED) is 0.514. The molecule has 3 aromatic carbocycles. The molecule has 0 heterocycles. The van der Waals surface area contributed by atoms with Gasteiger partial charge in [0.05, 0.1) is 16.1 Å². The molecule has 0 aromatic heterocycles. The van der Waals surface area contributed by atoms with E-state index in [0.29, 0.717) is 11.3 Å². The summed E-state index contributed by atoms with van der Waals surface area (Å²) >= 11 is 0. The summed E-state index contributed by atoms with van der Waals surface area (Å²) in [6.07, 6.45) is -4.57. The molecule has 1 amide bonds. The molecule has 33 heavy (non-hydrogen) atoms. The lowest BCUT2D eigenvalue weighted by molar-refractivity contribution is -0.137. The number of hydrogen-bond donors (Lipinski definition) is 1. The van der Waals surface area contributed by atoms with Crippen LogP contribution < -0.4 is 9.62 Å². The van der Waals surface area contributed by atoms with Gasteiger partial charge in [0.2, 0.25) is 5.91 Å². The minimum atomic E-state index is -4.57. The van der Waals surface area contributed by atoms with Gasteiger partial charge < -0.3 is 5.32 Å². The highest BCUT2D eigenvalue weighted by molar-refractivity contribution is 7.92. The van der Waals surface area contributed by atoms with Crippen molar-refractivity contribution in [2.45, 2.75) is 31.8 Å². The summed E-state index contributed by atoms with van der Waals surface area (Å²) in [5.74, 6) is -0.772. The molecule has 0 saturated carbocycles. The van der Waals surface area contributed by atoms with Crippen molar-refractivity contribution >= 4 is 27.3 Å². The second kappa shape index (κ2) is 9.27. The van der Waals surface area contributed by atoms with Gasteiger partial charge in [0, 0.05) is 5.69 Å². The molecule has 0 aliphatic carbocycles. The summed E-state index contributed by atoms with van der Waals surface area (Å²) in [5.41, 5.74) is 1.68. The number of halogens is 3. The fraction of sp³-hybridized carbons (Fsp3) is 0.208. The second-order valence-corrected chi connectivity index (χ2v) is 9.53. The van der Waals surface area contributed by atoms with E-state index in [1.165, 1.54) is 24.3 Å². The number of anilines is 2. The maximum atomic E-state index is 13.5. The first-order chi connectivity index (χ1) is 15.4. The molecule has 0 fully saturated rings. The van der Waals surface area contributed by atoms with Crippen LogP contribution in [0, 0.1) is 20.8 Å². The summed E-state index contributed by atoms with van der Waals surface area (Å²) in [6.45, 7) is 4.77. The molecule has 0 spiro atoms. The zero-order valence-corrected chi connectivity index (χ0v) is 19.1. The third-order valence-electron chi connectivity index (χ3n) is 5.21. The van der Waals surface area contributed by atoms with E-state index in [-0.39, 0.29) is 10.6 Å². The molecule has 0 aliphatic rings. The number of hydrogen-bond acceptors (Lipinski definition) is 3. The lowest BCUT2D eigenvalue weighted by atomic mass is 10.1. The van der Waals surface area contributed by atoms with Crippen LogP contribution in [0.3, 0.4) is 0 Å². The molecule has 0 radical (unpaired) electrons. The van der Waals surface area contributed by atoms with Gasteiger partial charge in [-0.25, -0.2) is 8.42 Å². The van der Waals surface area contributed by atoms with Crippen LogP contribution >= 0.6 is 0 Å². The molecule has 0 bridgehead atoms. The number of sulfonamides is 1. The topological polar surface area (TPSA) is 66.5 Å². The summed E-state index contributed by atoms with van der Waals surface area (Å²) in [4.78, 5) is 12.8. The van der Waals surface area contributed by atoms with Crippen LogP contribution in [0.2, 0.25) is 0 Å². The SMILES string of the molecule is Cc1ccc(S(=O)(=O)N(CC(=O)Nc2cccc(C(F)(F)F)c2)c2cccc(C)c2C)cc1. The molecule has 0 unspecified atom stereocenters. The van der Waals surface area contributed by atoms with E-state index in [4.69, 9.17) is 0 Å². The van der Waals surface area contributed by atoms with Gasteiger partial charge in [-0.1, -0.05) is 35.9 Å². The van der Waals surface area contributed by atoms with Crippen LogP contribution in [0.4, 0.5) is 24.5 Å². The van der Waals surface area contributed by atoms with E-state index >= 15 is 0 Å². The van der Waals surface area contributed by atoms with Crippen molar-refractivity contribution in [1.82, 2.24) is 0 Å². The van der Waals surface area contributed by atoms with Crippen LogP contribution in [0.25, 0.3) is 0 Å². The fourth-order valence-corrected chi connectivity index (χ4v) is 4.73. The maximum Gasteiger partial charge on any atom is 0.416 e.